The Morgan fingerprint density at radius 3 is 2.48 bits per heavy atom. The van der Waals surface area contributed by atoms with E-state index in [4.69, 9.17) is 9.47 Å². The van der Waals surface area contributed by atoms with E-state index in [2.05, 4.69) is 57.0 Å². The van der Waals surface area contributed by atoms with Gasteiger partial charge in [0.05, 0.1) is 6.61 Å². The van der Waals surface area contributed by atoms with Crippen molar-refractivity contribution in [1.82, 2.24) is 10.2 Å². The third-order valence-electron chi connectivity index (χ3n) is 6.45. The molecule has 1 amide bonds. The average molecular weight is 405 g/mol. The molecule has 1 aliphatic rings. The van der Waals surface area contributed by atoms with Crippen LogP contribution in [0.25, 0.3) is 0 Å². The fraction of sp³-hybridized carbons (Fsp3) is 0.708. The molecule has 1 aromatic carbocycles. The van der Waals surface area contributed by atoms with Crippen LogP contribution >= 0.6 is 0 Å². The van der Waals surface area contributed by atoms with Crippen LogP contribution in [0.2, 0.25) is 0 Å². The number of ether oxygens (including phenoxy) is 2. The van der Waals surface area contributed by atoms with Gasteiger partial charge in [0.15, 0.2) is 0 Å². The van der Waals surface area contributed by atoms with Gasteiger partial charge < -0.3 is 14.8 Å². The molecule has 164 valence electrons. The number of amides is 1. The maximum atomic E-state index is 12.2. The zero-order valence-electron chi connectivity index (χ0n) is 19.2. The molecule has 0 radical (unpaired) electrons. The van der Waals surface area contributed by atoms with Crippen molar-refractivity contribution in [2.24, 2.45) is 5.92 Å². The molecule has 0 aromatic heterocycles. The van der Waals surface area contributed by atoms with Crippen molar-refractivity contribution < 1.29 is 14.3 Å². The van der Waals surface area contributed by atoms with Crippen LogP contribution in [0.3, 0.4) is 0 Å². The number of carbonyl (C=O) groups excluding carboxylic acids is 1. The Labute approximate surface area is 177 Å². The number of hydrogen-bond donors (Lipinski definition) is 1. The second-order valence-electron chi connectivity index (χ2n) is 8.52. The maximum absolute atomic E-state index is 12.2. The Hall–Kier alpha value is -1.59. The standard InChI is InChI=1S/C24H40N2O3/c1-7-17(2)16-24(27)25-21-10-12-26(13-11-21)20(5)22-8-9-23(19(4)18(22)3)29-15-14-28-6/h8-9,17,20-21H,7,10-16H2,1-6H3,(H,25,27). The molecule has 1 fully saturated rings. The predicted molar refractivity (Wildman–Crippen MR) is 119 cm³/mol. The number of rotatable bonds is 10. The third kappa shape index (κ3) is 6.71. The van der Waals surface area contributed by atoms with E-state index in [-0.39, 0.29) is 5.91 Å². The highest BCUT2D eigenvalue weighted by molar-refractivity contribution is 5.76. The first-order valence-corrected chi connectivity index (χ1v) is 11.1. The minimum Gasteiger partial charge on any atom is -0.491 e. The number of carbonyl (C=O) groups is 1. The Morgan fingerprint density at radius 2 is 1.86 bits per heavy atom. The fourth-order valence-electron chi connectivity index (χ4n) is 4.04. The molecule has 0 saturated carbocycles. The summed E-state index contributed by atoms with van der Waals surface area (Å²) in [5.41, 5.74) is 3.87. The molecule has 1 aromatic rings. The van der Waals surface area contributed by atoms with Crippen LogP contribution in [0.5, 0.6) is 5.75 Å². The van der Waals surface area contributed by atoms with Crippen molar-refractivity contribution in [3.63, 3.8) is 0 Å². The SMILES string of the molecule is CCC(C)CC(=O)NC1CCN(C(C)c2ccc(OCCOC)c(C)c2C)CC1. The van der Waals surface area contributed by atoms with Crippen molar-refractivity contribution >= 4 is 5.91 Å². The highest BCUT2D eigenvalue weighted by Gasteiger charge is 2.26. The van der Waals surface area contributed by atoms with Crippen molar-refractivity contribution in [2.45, 2.75) is 72.4 Å². The molecule has 5 heteroatoms. The predicted octanol–water partition coefficient (Wildman–Crippen LogP) is 4.41. The van der Waals surface area contributed by atoms with Gasteiger partial charge in [-0.3, -0.25) is 9.69 Å². The van der Waals surface area contributed by atoms with Crippen LogP contribution in [-0.2, 0) is 9.53 Å². The fourth-order valence-corrected chi connectivity index (χ4v) is 4.04. The van der Waals surface area contributed by atoms with Gasteiger partial charge >= 0.3 is 0 Å². The Balaban J connectivity index is 1.91. The first-order chi connectivity index (χ1) is 13.9. The molecule has 1 heterocycles. The van der Waals surface area contributed by atoms with Crippen molar-refractivity contribution in [3.8, 4) is 5.75 Å². The Kier molecular flexibility index (Phi) is 9.44. The molecule has 2 atom stereocenters. The highest BCUT2D eigenvalue weighted by atomic mass is 16.5. The molecule has 0 bridgehead atoms. The van der Waals surface area contributed by atoms with Gasteiger partial charge in [0.1, 0.15) is 12.4 Å². The first kappa shape index (κ1) is 23.7. The van der Waals surface area contributed by atoms with Gasteiger partial charge in [0, 0.05) is 38.7 Å². The van der Waals surface area contributed by atoms with Gasteiger partial charge in [0.25, 0.3) is 0 Å². The van der Waals surface area contributed by atoms with Crippen LogP contribution in [0, 0.1) is 19.8 Å². The normalized spacial score (nSPS) is 17.7. The van der Waals surface area contributed by atoms with E-state index >= 15 is 0 Å². The topological polar surface area (TPSA) is 50.8 Å². The molecular weight excluding hydrogens is 364 g/mol. The molecule has 2 unspecified atom stereocenters. The number of nitrogens with one attached hydrogen (secondary N) is 1. The lowest BCUT2D eigenvalue weighted by Crippen LogP contribution is -2.45. The van der Waals surface area contributed by atoms with Crippen molar-refractivity contribution in [3.05, 3.63) is 28.8 Å². The van der Waals surface area contributed by atoms with Gasteiger partial charge in [-0.05, 0) is 62.3 Å². The Bertz CT molecular complexity index is 654. The molecule has 0 spiro atoms. The summed E-state index contributed by atoms with van der Waals surface area (Å²) in [7, 11) is 1.69. The van der Waals surface area contributed by atoms with Crippen molar-refractivity contribution in [1.29, 1.82) is 0 Å². The van der Waals surface area contributed by atoms with E-state index in [9.17, 15) is 4.79 Å². The molecular formula is C24H40N2O3. The van der Waals surface area contributed by atoms with E-state index in [1.54, 1.807) is 7.11 Å². The number of hydrogen-bond acceptors (Lipinski definition) is 4. The summed E-state index contributed by atoms with van der Waals surface area (Å²) >= 11 is 0. The molecule has 2 rings (SSSR count). The monoisotopic (exact) mass is 404 g/mol. The van der Waals surface area contributed by atoms with Crippen LogP contribution in [-0.4, -0.2) is 50.3 Å². The molecule has 1 saturated heterocycles. The maximum Gasteiger partial charge on any atom is 0.220 e. The summed E-state index contributed by atoms with van der Waals surface area (Å²) in [6, 6.07) is 4.97. The average Bonchev–Trinajstić information content (AvgIpc) is 2.71. The number of methoxy groups -OCH3 is 1. The van der Waals surface area contributed by atoms with E-state index in [1.807, 2.05) is 0 Å². The van der Waals surface area contributed by atoms with E-state index in [1.165, 1.54) is 16.7 Å². The highest BCUT2D eigenvalue weighted by Crippen LogP contribution is 2.32. The third-order valence-corrected chi connectivity index (χ3v) is 6.45. The van der Waals surface area contributed by atoms with E-state index < -0.39 is 0 Å². The lowest BCUT2D eigenvalue weighted by molar-refractivity contribution is -0.123. The van der Waals surface area contributed by atoms with Crippen molar-refractivity contribution in [2.75, 3.05) is 33.4 Å². The van der Waals surface area contributed by atoms with Crippen LogP contribution in [0.15, 0.2) is 12.1 Å². The molecule has 0 aliphatic carbocycles. The molecule has 1 aliphatic heterocycles. The smallest absolute Gasteiger partial charge is 0.220 e. The number of likely N-dealkylation sites (tertiary alicyclic amines) is 1. The van der Waals surface area contributed by atoms with Crippen LogP contribution < -0.4 is 10.1 Å². The molecule has 1 N–H and O–H groups in total. The van der Waals surface area contributed by atoms with Gasteiger partial charge in [-0.2, -0.15) is 0 Å². The summed E-state index contributed by atoms with van der Waals surface area (Å²) in [4.78, 5) is 14.7. The van der Waals surface area contributed by atoms with Gasteiger partial charge in [-0.1, -0.05) is 26.3 Å². The minimum absolute atomic E-state index is 0.210. The second kappa shape index (κ2) is 11.6. The summed E-state index contributed by atoms with van der Waals surface area (Å²) in [6.07, 6.45) is 3.74. The number of piperidine rings is 1. The molecule has 5 nitrogen and oxygen atoms in total. The van der Waals surface area contributed by atoms with E-state index in [0.29, 0.717) is 37.6 Å². The Morgan fingerprint density at radius 1 is 1.17 bits per heavy atom. The van der Waals surface area contributed by atoms with Crippen LogP contribution in [0.1, 0.15) is 69.2 Å². The summed E-state index contributed by atoms with van der Waals surface area (Å²) in [5.74, 6) is 1.61. The lowest BCUT2D eigenvalue weighted by atomic mass is 9.94. The molecule has 29 heavy (non-hydrogen) atoms. The summed E-state index contributed by atoms with van der Waals surface area (Å²) in [6.45, 7) is 14.1. The second-order valence-corrected chi connectivity index (χ2v) is 8.52. The quantitative estimate of drug-likeness (QED) is 0.587. The van der Waals surface area contributed by atoms with Gasteiger partial charge in [-0.25, -0.2) is 0 Å². The van der Waals surface area contributed by atoms with Gasteiger partial charge in [-0.15, -0.1) is 0 Å². The van der Waals surface area contributed by atoms with E-state index in [0.717, 1.165) is 38.1 Å². The minimum atomic E-state index is 0.210. The van der Waals surface area contributed by atoms with Crippen LogP contribution in [0.4, 0.5) is 0 Å². The largest absolute Gasteiger partial charge is 0.491 e. The summed E-state index contributed by atoms with van der Waals surface area (Å²) in [5, 5.41) is 3.24. The lowest BCUT2D eigenvalue weighted by Gasteiger charge is -2.37. The number of benzene rings is 1. The first-order valence-electron chi connectivity index (χ1n) is 11.1. The summed E-state index contributed by atoms with van der Waals surface area (Å²) < 4.78 is 10.9. The number of nitrogens with zero attached hydrogens (tertiary/aromatic N) is 1. The zero-order valence-corrected chi connectivity index (χ0v) is 19.2. The zero-order chi connectivity index (χ0) is 21.4. The van der Waals surface area contributed by atoms with Gasteiger partial charge in [0.2, 0.25) is 5.91 Å².